The number of rotatable bonds is 3. The highest BCUT2D eigenvalue weighted by Crippen LogP contribution is 2.34. The van der Waals surface area contributed by atoms with Gasteiger partial charge in [0.2, 0.25) is 0 Å². The summed E-state index contributed by atoms with van der Waals surface area (Å²) in [6.45, 7) is 0. The molecule has 4 nitrogen and oxygen atoms in total. The molecule has 3 rings (SSSR count). The average Bonchev–Trinajstić information content (AvgIpc) is 3.01. The highest BCUT2D eigenvalue weighted by Gasteiger charge is 2.35. The van der Waals surface area contributed by atoms with Crippen molar-refractivity contribution >= 4 is 9.84 Å². The van der Waals surface area contributed by atoms with Gasteiger partial charge in [-0.15, -0.1) is 0 Å². The second-order valence-corrected chi connectivity index (χ2v) is 7.82. The van der Waals surface area contributed by atoms with Crippen LogP contribution in [0.2, 0.25) is 0 Å². The van der Waals surface area contributed by atoms with Gasteiger partial charge in [-0.2, -0.15) is 18.3 Å². The summed E-state index contributed by atoms with van der Waals surface area (Å²) in [5, 5.41) is 3.37. The molecule has 0 saturated carbocycles. The van der Waals surface area contributed by atoms with Crippen LogP contribution in [0.15, 0.2) is 47.4 Å². The Morgan fingerprint density at radius 3 is 2.11 bits per heavy atom. The van der Waals surface area contributed by atoms with Crippen LogP contribution >= 0.6 is 0 Å². The quantitative estimate of drug-likeness (QED) is 0.591. The lowest BCUT2D eigenvalue weighted by molar-refractivity contribution is -0.141. The van der Waals surface area contributed by atoms with Crippen molar-refractivity contribution in [2.24, 2.45) is 0 Å². The molecule has 28 heavy (non-hydrogen) atoms. The van der Waals surface area contributed by atoms with Crippen LogP contribution in [0.25, 0.3) is 16.9 Å². The lowest BCUT2D eigenvalue weighted by Crippen LogP contribution is -2.08. The molecule has 0 saturated heterocycles. The van der Waals surface area contributed by atoms with Crippen LogP contribution in [0, 0.1) is 17.5 Å². The monoisotopic (exact) mass is 420 g/mol. The fraction of sp³-hybridized carbons (Fsp3) is 0.118. The van der Waals surface area contributed by atoms with Crippen LogP contribution in [0.1, 0.15) is 5.69 Å². The molecule has 1 aromatic heterocycles. The standard InChI is InChI=1S/C17H10F6N2O2S/c1-28(26,27)15-5-3-10(7-13(15)20)25-14(8-16(24-25)17(21,22)23)9-2-4-11(18)12(19)6-9/h2-8H,1H3. The van der Waals surface area contributed by atoms with Crippen LogP contribution in [0.3, 0.4) is 0 Å². The van der Waals surface area contributed by atoms with Crippen molar-refractivity contribution in [1.29, 1.82) is 0 Å². The lowest BCUT2D eigenvalue weighted by Gasteiger charge is -2.10. The maximum atomic E-state index is 14.2. The molecular formula is C17H10F6N2O2S. The van der Waals surface area contributed by atoms with E-state index in [4.69, 9.17) is 0 Å². The highest BCUT2D eigenvalue weighted by atomic mass is 32.2. The second-order valence-electron chi connectivity index (χ2n) is 5.84. The Bertz CT molecular complexity index is 1170. The minimum absolute atomic E-state index is 0.144. The van der Waals surface area contributed by atoms with E-state index in [1.165, 1.54) is 0 Å². The van der Waals surface area contributed by atoms with Crippen molar-refractivity contribution in [2.75, 3.05) is 6.26 Å². The third-order valence-electron chi connectivity index (χ3n) is 3.77. The summed E-state index contributed by atoms with van der Waals surface area (Å²) in [5.74, 6) is -3.69. The van der Waals surface area contributed by atoms with Crippen molar-refractivity contribution in [1.82, 2.24) is 9.78 Å². The Hall–Kier alpha value is -2.82. The molecule has 2 aromatic carbocycles. The summed E-state index contributed by atoms with van der Waals surface area (Å²) in [6, 6.07) is 5.64. The average molecular weight is 420 g/mol. The van der Waals surface area contributed by atoms with Crippen LogP contribution in [0.4, 0.5) is 26.3 Å². The molecule has 0 radical (unpaired) electrons. The van der Waals surface area contributed by atoms with Gasteiger partial charge in [0.25, 0.3) is 0 Å². The molecule has 0 N–H and O–H groups in total. The number of aromatic nitrogens is 2. The predicted octanol–water partition coefficient (Wildman–Crippen LogP) is 4.38. The lowest BCUT2D eigenvalue weighted by atomic mass is 10.1. The number of benzene rings is 2. The minimum Gasteiger partial charge on any atom is -0.232 e. The number of hydrogen-bond donors (Lipinski definition) is 0. The Labute approximate surface area is 155 Å². The van der Waals surface area contributed by atoms with Gasteiger partial charge < -0.3 is 0 Å². The molecule has 148 valence electrons. The second kappa shape index (κ2) is 6.66. The molecular weight excluding hydrogens is 410 g/mol. The van der Waals surface area contributed by atoms with Crippen LogP contribution in [0.5, 0.6) is 0 Å². The molecule has 3 aromatic rings. The zero-order valence-corrected chi connectivity index (χ0v) is 14.7. The van der Waals surface area contributed by atoms with E-state index in [9.17, 15) is 34.8 Å². The summed E-state index contributed by atoms with van der Waals surface area (Å²) in [6.07, 6.45) is -4.09. The molecule has 0 amide bonds. The van der Waals surface area contributed by atoms with Crippen molar-refractivity contribution in [3.63, 3.8) is 0 Å². The van der Waals surface area contributed by atoms with E-state index in [2.05, 4.69) is 5.10 Å². The first-order chi connectivity index (χ1) is 12.9. The molecule has 1 heterocycles. The van der Waals surface area contributed by atoms with Crippen molar-refractivity contribution < 1.29 is 34.8 Å². The van der Waals surface area contributed by atoms with Crippen molar-refractivity contribution in [3.8, 4) is 16.9 Å². The van der Waals surface area contributed by atoms with Gasteiger partial charge in [0.05, 0.1) is 11.4 Å². The van der Waals surface area contributed by atoms with Gasteiger partial charge in [-0.3, -0.25) is 0 Å². The fourth-order valence-electron chi connectivity index (χ4n) is 2.50. The van der Waals surface area contributed by atoms with E-state index in [1.807, 2.05) is 0 Å². The summed E-state index contributed by atoms with van der Waals surface area (Å²) < 4.78 is 104. The largest absolute Gasteiger partial charge is 0.435 e. The van der Waals surface area contributed by atoms with Crippen molar-refractivity contribution in [3.05, 3.63) is 65.6 Å². The van der Waals surface area contributed by atoms with E-state index >= 15 is 0 Å². The topological polar surface area (TPSA) is 52.0 Å². The van der Waals surface area contributed by atoms with Gasteiger partial charge in [-0.1, -0.05) is 0 Å². The molecule has 0 bridgehead atoms. The Morgan fingerprint density at radius 2 is 1.57 bits per heavy atom. The number of hydrogen-bond acceptors (Lipinski definition) is 3. The maximum Gasteiger partial charge on any atom is 0.435 e. The van der Waals surface area contributed by atoms with E-state index in [0.717, 1.165) is 30.5 Å². The van der Waals surface area contributed by atoms with E-state index in [-0.39, 0.29) is 16.9 Å². The zero-order chi connectivity index (χ0) is 20.9. The maximum absolute atomic E-state index is 14.2. The van der Waals surface area contributed by atoms with Gasteiger partial charge in [0.15, 0.2) is 27.2 Å². The Morgan fingerprint density at radius 1 is 0.893 bits per heavy atom. The SMILES string of the molecule is CS(=O)(=O)c1ccc(-n2nc(C(F)(F)F)cc2-c2ccc(F)c(F)c2)cc1F. The normalized spacial score (nSPS) is 12.4. The summed E-state index contributed by atoms with van der Waals surface area (Å²) in [7, 11) is -3.90. The van der Waals surface area contributed by atoms with Crippen molar-refractivity contribution in [2.45, 2.75) is 11.1 Å². The number of sulfone groups is 1. The van der Waals surface area contributed by atoms with Crippen LogP contribution < -0.4 is 0 Å². The van der Waals surface area contributed by atoms with E-state index in [0.29, 0.717) is 22.9 Å². The van der Waals surface area contributed by atoms with Gasteiger partial charge in [-0.05, 0) is 36.4 Å². The first-order valence-electron chi connectivity index (χ1n) is 7.50. The molecule has 11 heteroatoms. The minimum atomic E-state index is -4.86. The third kappa shape index (κ3) is 3.75. The summed E-state index contributed by atoms with van der Waals surface area (Å²) in [4.78, 5) is -0.645. The number of nitrogens with zero attached hydrogens (tertiary/aromatic N) is 2. The third-order valence-corrected chi connectivity index (χ3v) is 4.90. The predicted molar refractivity (Wildman–Crippen MR) is 87.0 cm³/mol. The van der Waals surface area contributed by atoms with E-state index in [1.54, 1.807) is 0 Å². The molecule has 0 fully saturated rings. The number of alkyl halides is 3. The van der Waals surface area contributed by atoms with Crippen LogP contribution in [-0.2, 0) is 16.0 Å². The Kier molecular flexibility index (Phi) is 4.74. The van der Waals surface area contributed by atoms with Gasteiger partial charge in [0.1, 0.15) is 10.7 Å². The smallest absolute Gasteiger partial charge is 0.232 e. The molecule has 0 unspecified atom stereocenters. The Balaban J connectivity index is 2.24. The molecule has 0 atom stereocenters. The van der Waals surface area contributed by atoms with Crippen LogP contribution in [-0.4, -0.2) is 24.5 Å². The van der Waals surface area contributed by atoms with Gasteiger partial charge >= 0.3 is 6.18 Å². The highest BCUT2D eigenvalue weighted by molar-refractivity contribution is 7.90. The molecule has 0 spiro atoms. The van der Waals surface area contributed by atoms with E-state index < -0.39 is 44.1 Å². The van der Waals surface area contributed by atoms with Gasteiger partial charge in [-0.25, -0.2) is 26.3 Å². The first-order valence-corrected chi connectivity index (χ1v) is 9.40. The zero-order valence-electron chi connectivity index (χ0n) is 13.9. The molecule has 0 aliphatic heterocycles. The first kappa shape index (κ1) is 19.9. The summed E-state index contributed by atoms with van der Waals surface area (Å²) in [5.41, 5.74) is -2.02. The molecule has 0 aliphatic rings. The fourth-order valence-corrected chi connectivity index (χ4v) is 3.23. The summed E-state index contributed by atoms with van der Waals surface area (Å²) >= 11 is 0. The number of halogens is 6. The van der Waals surface area contributed by atoms with Gasteiger partial charge in [0, 0.05) is 17.9 Å². The molecule has 0 aliphatic carbocycles.